The van der Waals surface area contributed by atoms with Crippen LogP contribution in [0.3, 0.4) is 0 Å². The van der Waals surface area contributed by atoms with E-state index in [2.05, 4.69) is 5.32 Å². The number of carbonyl (C=O) groups excluding carboxylic acids is 2. The highest BCUT2D eigenvalue weighted by Crippen LogP contribution is 2.33. The molecule has 1 atom stereocenters. The minimum Gasteiger partial charge on any atom is -0.493 e. The maximum Gasteiger partial charge on any atom is 0.348 e. The summed E-state index contributed by atoms with van der Waals surface area (Å²) in [4.78, 5) is 25.4. The molecule has 1 fully saturated rings. The van der Waals surface area contributed by atoms with Gasteiger partial charge >= 0.3 is 5.97 Å². The SMILES string of the molecule is COC(=O)c1cc2cc(NC(=O)[C@@H]3CCCN(S(=O)(=O)c4ccc(OC)c(OC)c4)C3)ccc2s1. The first-order valence-electron chi connectivity index (χ1n) is 10.9. The van der Waals surface area contributed by atoms with E-state index in [0.717, 1.165) is 10.1 Å². The summed E-state index contributed by atoms with van der Waals surface area (Å²) in [5.41, 5.74) is 0.580. The monoisotopic (exact) mass is 518 g/mol. The summed E-state index contributed by atoms with van der Waals surface area (Å²) in [5.74, 6) is -0.403. The number of piperidine rings is 1. The normalized spacial score (nSPS) is 16.6. The zero-order valence-electron chi connectivity index (χ0n) is 19.6. The molecule has 0 aliphatic carbocycles. The van der Waals surface area contributed by atoms with Crippen molar-refractivity contribution in [2.75, 3.05) is 39.7 Å². The average Bonchev–Trinajstić information content (AvgIpc) is 3.31. The Morgan fingerprint density at radius 1 is 1.03 bits per heavy atom. The van der Waals surface area contributed by atoms with Gasteiger partial charge < -0.3 is 19.5 Å². The lowest BCUT2D eigenvalue weighted by molar-refractivity contribution is -0.120. The fourth-order valence-corrected chi connectivity index (χ4v) is 6.57. The Morgan fingerprint density at radius 3 is 2.51 bits per heavy atom. The minimum atomic E-state index is -3.82. The predicted molar refractivity (Wildman–Crippen MR) is 133 cm³/mol. The molecule has 1 aliphatic rings. The summed E-state index contributed by atoms with van der Waals surface area (Å²) < 4.78 is 44.0. The van der Waals surface area contributed by atoms with Crippen LogP contribution in [0.4, 0.5) is 5.69 Å². The maximum absolute atomic E-state index is 13.3. The Balaban J connectivity index is 1.48. The molecule has 186 valence electrons. The van der Waals surface area contributed by atoms with Crippen LogP contribution in [0.2, 0.25) is 0 Å². The molecule has 9 nitrogen and oxygen atoms in total. The number of hydrogen-bond acceptors (Lipinski definition) is 8. The summed E-state index contributed by atoms with van der Waals surface area (Å²) in [7, 11) is 0.434. The molecule has 1 saturated heterocycles. The molecule has 4 rings (SSSR count). The summed E-state index contributed by atoms with van der Waals surface area (Å²) in [6, 6.07) is 11.5. The van der Waals surface area contributed by atoms with E-state index >= 15 is 0 Å². The predicted octanol–water partition coefficient (Wildman–Crippen LogP) is 3.74. The number of anilines is 1. The zero-order chi connectivity index (χ0) is 25.2. The third-order valence-electron chi connectivity index (χ3n) is 5.92. The second-order valence-electron chi connectivity index (χ2n) is 8.06. The van der Waals surface area contributed by atoms with E-state index in [4.69, 9.17) is 14.2 Å². The Kier molecular flexibility index (Phi) is 7.29. The number of esters is 1. The van der Waals surface area contributed by atoms with E-state index in [-0.39, 0.29) is 17.3 Å². The highest BCUT2D eigenvalue weighted by Gasteiger charge is 2.34. The van der Waals surface area contributed by atoms with Gasteiger partial charge in [-0.2, -0.15) is 4.31 Å². The van der Waals surface area contributed by atoms with E-state index in [1.807, 2.05) is 6.07 Å². The number of nitrogens with zero attached hydrogens (tertiary/aromatic N) is 1. The number of thiophene rings is 1. The van der Waals surface area contributed by atoms with Gasteiger partial charge in [-0.3, -0.25) is 4.79 Å². The zero-order valence-corrected chi connectivity index (χ0v) is 21.2. The highest BCUT2D eigenvalue weighted by molar-refractivity contribution is 7.89. The number of hydrogen-bond donors (Lipinski definition) is 1. The smallest absolute Gasteiger partial charge is 0.348 e. The molecule has 0 bridgehead atoms. The fraction of sp³-hybridized carbons (Fsp3) is 0.333. The van der Waals surface area contributed by atoms with Crippen LogP contribution in [0.1, 0.15) is 22.5 Å². The molecule has 1 N–H and O–H groups in total. The number of carbonyl (C=O) groups is 2. The minimum absolute atomic E-state index is 0.0791. The lowest BCUT2D eigenvalue weighted by atomic mass is 9.98. The van der Waals surface area contributed by atoms with Crippen molar-refractivity contribution in [3.05, 3.63) is 47.3 Å². The second-order valence-corrected chi connectivity index (χ2v) is 11.1. The molecular weight excluding hydrogens is 492 g/mol. The van der Waals surface area contributed by atoms with Crippen molar-refractivity contribution in [3.8, 4) is 11.5 Å². The van der Waals surface area contributed by atoms with Gasteiger partial charge in [0, 0.05) is 29.5 Å². The standard InChI is InChI=1S/C24H26N2O7S2/c1-31-19-8-7-18(13-20(19)32-2)35(29,30)26-10-4-5-15(14-26)23(27)25-17-6-9-21-16(11-17)12-22(34-21)24(28)33-3/h6-9,11-13,15H,4-5,10,14H2,1-3H3,(H,25,27)/t15-/m1/s1. The van der Waals surface area contributed by atoms with Crippen molar-refractivity contribution in [1.29, 1.82) is 0 Å². The van der Waals surface area contributed by atoms with E-state index in [1.54, 1.807) is 24.3 Å². The first-order chi connectivity index (χ1) is 16.8. The van der Waals surface area contributed by atoms with E-state index in [0.29, 0.717) is 41.4 Å². The van der Waals surface area contributed by atoms with Gasteiger partial charge in [-0.25, -0.2) is 13.2 Å². The van der Waals surface area contributed by atoms with Crippen LogP contribution >= 0.6 is 11.3 Å². The van der Waals surface area contributed by atoms with Crippen LogP contribution in [0.5, 0.6) is 11.5 Å². The Bertz CT molecular complexity index is 1370. The topological polar surface area (TPSA) is 111 Å². The summed E-state index contributed by atoms with van der Waals surface area (Å²) in [6.07, 6.45) is 1.15. The van der Waals surface area contributed by atoms with Crippen LogP contribution in [0, 0.1) is 5.92 Å². The number of methoxy groups -OCH3 is 3. The number of fused-ring (bicyclic) bond motifs is 1. The van der Waals surface area contributed by atoms with Crippen molar-refractivity contribution in [3.63, 3.8) is 0 Å². The molecule has 3 aromatic rings. The lowest BCUT2D eigenvalue weighted by Gasteiger charge is -2.31. The third-order valence-corrected chi connectivity index (χ3v) is 8.88. The van der Waals surface area contributed by atoms with Gasteiger partial charge in [0.25, 0.3) is 0 Å². The van der Waals surface area contributed by atoms with E-state index in [9.17, 15) is 18.0 Å². The van der Waals surface area contributed by atoms with Gasteiger partial charge in [0.15, 0.2) is 11.5 Å². The molecule has 0 spiro atoms. The van der Waals surface area contributed by atoms with Crippen molar-refractivity contribution >= 4 is 49.0 Å². The molecule has 0 unspecified atom stereocenters. The van der Waals surface area contributed by atoms with Crippen LogP contribution in [-0.4, -0.2) is 59.0 Å². The molecule has 0 radical (unpaired) electrons. The molecule has 2 heterocycles. The number of ether oxygens (including phenoxy) is 3. The quantitative estimate of drug-likeness (QED) is 0.474. The van der Waals surface area contributed by atoms with Crippen molar-refractivity contribution in [1.82, 2.24) is 4.31 Å². The van der Waals surface area contributed by atoms with Gasteiger partial charge in [-0.1, -0.05) is 0 Å². The third kappa shape index (κ3) is 5.12. The van der Waals surface area contributed by atoms with Crippen LogP contribution in [0.25, 0.3) is 10.1 Å². The average molecular weight is 519 g/mol. The second kappa shape index (κ2) is 10.2. The largest absolute Gasteiger partial charge is 0.493 e. The highest BCUT2D eigenvalue weighted by atomic mass is 32.2. The molecule has 0 saturated carbocycles. The van der Waals surface area contributed by atoms with Crippen LogP contribution < -0.4 is 14.8 Å². The van der Waals surface area contributed by atoms with Gasteiger partial charge in [-0.05, 0) is 54.6 Å². The lowest BCUT2D eigenvalue weighted by Crippen LogP contribution is -2.43. The number of rotatable bonds is 7. The molecule has 2 aromatic carbocycles. The van der Waals surface area contributed by atoms with Crippen molar-refractivity contribution < 1.29 is 32.2 Å². The number of benzene rings is 2. The molecule has 1 aliphatic heterocycles. The van der Waals surface area contributed by atoms with Crippen LogP contribution in [0.15, 0.2) is 47.4 Å². The van der Waals surface area contributed by atoms with Gasteiger partial charge in [0.2, 0.25) is 15.9 Å². The van der Waals surface area contributed by atoms with Gasteiger partial charge in [-0.15, -0.1) is 11.3 Å². The number of sulfonamides is 1. The van der Waals surface area contributed by atoms with Crippen molar-refractivity contribution in [2.45, 2.75) is 17.7 Å². The Morgan fingerprint density at radius 2 is 1.80 bits per heavy atom. The van der Waals surface area contributed by atoms with E-state index < -0.39 is 21.9 Å². The number of amides is 1. The fourth-order valence-electron chi connectivity index (χ4n) is 4.07. The molecule has 1 aromatic heterocycles. The maximum atomic E-state index is 13.3. The summed E-state index contributed by atoms with van der Waals surface area (Å²) >= 11 is 1.31. The Hall–Kier alpha value is -3.15. The van der Waals surface area contributed by atoms with Gasteiger partial charge in [0.05, 0.1) is 32.1 Å². The summed E-state index contributed by atoms with van der Waals surface area (Å²) in [6.45, 7) is 0.410. The first-order valence-corrected chi connectivity index (χ1v) is 13.2. The number of nitrogens with one attached hydrogen (secondary N) is 1. The molecule has 35 heavy (non-hydrogen) atoms. The van der Waals surface area contributed by atoms with Gasteiger partial charge in [0.1, 0.15) is 4.88 Å². The molecule has 11 heteroatoms. The molecular formula is C24H26N2O7S2. The van der Waals surface area contributed by atoms with Crippen LogP contribution in [-0.2, 0) is 19.6 Å². The van der Waals surface area contributed by atoms with E-state index in [1.165, 1.54) is 49.1 Å². The molecule has 1 amide bonds. The Labute approximate surface area is 207 Å². The summed E-state index contributed by atoms with van der Waals surface area (Å²) in [5, 5.41) is 3.71. The first kappa shape index (κ1) is 25.0. The van der Waals surface area contributed by atoms with Crippen molar-refractivity contribution in [2.24, 2.45) is 5.92 Å².